The summed E-state index contributed by atoms with van der Waals surface area (Å²) in [6.45, 7) is 12.0. The van der Waals surface area contributed by atoms with Crippen molar-refractivity contribution in [3.63, 3.8) is 0 Å². The van der Waals surface area contributed by atoms with Gasteiger partial charge in [0.15, 0.2) is 11.9 Å². The molecular formula is C27H35O10P. The molecule has 0 aromatic heterocycles. The van der Waals surface area contributed by atoms with Gasteiger partial charge in [-0.2, -0.15) is 0 Å². The van der Waals surface area contributed by atoms with Gasteiger partial charge in [0.05, 0.1) is 6.61 Å². The minimum absolute atomic E-state index is 0.0818. The molecule has 1 aliphatic carbocycles. The van der Waals surface area contributed by atoms with E-state index in [0.29, 0.717) is 5.57 Å². The number of hydrogen-bond acceptors (Lipinski definition) is 9. The molecule has 10 nitrogen and oxygen atoms in total. The Labute approximate surface area is 222 Å². The van der Waals surface area contributed by atoms with Crippen molar-refractivity contribution < 1.29 is 47.8 Å². The van der Waals surface area contributed by atoms with Crippen molar-refractivity contribution in [2.24, 2.45) is 5.41 Å². The average molecular weight is 551 g/mol. The third-order valence-electron chi connectivity index (χ3n) is 6.14. The van der Waals surface area contributed by atoms with Crippen LogP contribution >= 0.6 is 7.82 Å². The number of ether oxygens (including phenoxy) is 1. The second kappa shape index (κ2) is 12.9. The molecule has 1 fully saturated rings. The van der Waals surface area contributed by atoms with E-state index >= 15 is 0 Å². The third-order valence-corrected chi connectivity index (χ3v) is 7.13. The number of carbonyl (C=O) groups is 3. The van der Waals surface area contributed by atoms with Crippen LogP contribution < -0.4 is 0 Å². The Hall–Kier alpha value is -2.72. The summed E-state index contributed by atoms with van der Waals surface area (Å²) in [5.74, 6) is -2.81. The van der Waals surface area contributed by atoms with Gasteiger partial charge in [0.2, 0.25) is 11.9 Å². The van der Waals surface area contributed by atoms with Gasteiger partial charge in [0.1, 0.15) is 12.2 Å². The summed E-state index contributed by atoms with van der Waals surface area (Å²) < 4.78 is 27.0. The maximum atomic E-state index is 13.0. The predicted octanol–water partition coefficient (Wildman–Crippen LogP) is 3.21. The van der Waals surface area contributed by atoms with Crippen molar-refractivity contribution in [2.45, 2.75) is 65.5 Å². The van der Waals surface area contributed by atoms with Gasteiger partial charge in [-0.1, -0.05) is 74.1 Å². The number of rotatable bonds is 11. The number of Topliss-reactive ketones (excluding diaryl/α,β-unsaturated/α-hetero) is 2. The van der Waals surface area contributed by atoms with Gasteiger partial charge in [0, 0.05) is 0 Å². The maximum Gasteiger partial charge on any atom is 0.472 e. The molecule has 0 aromatic carbocycles. The van der Waals surface area contributed by atoms with E-state index in [9.17, 15) is 34.1 Å². The molecule has 0 bridgehead atoms. The highest BCUT2D eigenvalue weighted by atomic mass is 31.2. The van der Waals surface area contributed by atoms with Gasteiger partial charge < -0.3 is 19.8 Å². The average Bonchev–Trinajstić information content (AvgIpc) is 3.08. The van der Waals surface area contributed by atoms with Crippen LogP contribution in [-0.2, 0) is 32.7 Å². The summed E-state index contributed by atoms with van der Waals surface area (Å²) in [5.41, 5.74) is 2.52. The number of allylic oxidation sites excluding steroid dienone is 10. The third kappa shape index (κ3) is 8.14. The van der Waals surface area contributed by atoms with Crippen molar-refractivity contribution in [1.82, 2.24) is 0 Å². The normalized spacial score (nSPS) is 27.3. The molecule has 1 saturated heterocycles. The number of hydrogen-bond donors (Lipinski definition) is 3. The highest BCUT2D eigenvalue weighted by Gasteiger charge is 2.47. The Morgan fingerprint density at radius 2 is 1.84 bits per heavy atom. The van der Waals surface area contributed by atoms with Gasteiger partial charge in [-0.15, -0.1) is 0 Å². The van der Waals surface area contributed by atoms with E-state index in [1.807, 2.05) is 64.2 Å². The Balaban J connectivity index is 2.09. The van der Waals surface area contributed by atoms with Crippen molar-refractivity contribution in [3.8, 4) is 0 Å². The minimum atomic E-state index is -4.87. The largest absolute Gasteiger partial charge is 0.472 e. The molecule has 5 atom stereocenters. The maximum absolute atomic E-state index is 13.0. The smallest absolute Gasteiger partial charge is 0.449 e. The molecule has 38 heavy (non-hydrogen) atoms. The molecule has 0 radical (unpaired) electrons. The van der Waals surface area contributed by atoms with E-state index < -0.39 is 61.8 Å². The summed E-state index contributed by atoms with van der Waals surface area (Å²) in [6.07, 6.45) is 6.27. The Kier molecular flexibility index (Phi) is 10.7. The van der Waals surface area contributed by atoms with E-state index in [0.717, 1.165) is 16.7 Å². The van der Waals surface area contributed by atoms with Crippen LogP contribution in [0.15, 0.2) is 71.4 Å². The van der Waals surface area contributed by atoms with Crippen LogP contribution in [0.2, 0.25) is 0 Å². The van der Waals surface area contributed by atoms with Crippen LogP contribution in [0.25, 0.3) is 0 Å². The predicted molar refractivity (Wildman–Crippen MR) is 140 cm³/mol. The minimum Gasteiger partial charge on any atom is -0.449 e. The lowest BCUT2D eigenvalue weighted by atomic mass is 9.71. The number of phosphoric ester groups is 1. The Bertz CT molecular complexity index is 1170. The molecule has 3 unspecified atom stereocenters. The Morgan fingerprint density at radius 1 is 1.21 bits per heavy atom. The van der Waals surface area contributed by atoms with Crippen LogP contribution in [0.4, 0.5) is 0 Å². The Morgan fingerprint density at radius 3 is 2.42 bits per heavy atom. The number of aliphatic hydroxyl groups excluding tert-OH is 2. The fraction of sp³-hybridized carbons (Fsp3) is 0.444. The lowest BCUT2D eigenvalue weighted by molar-refractivity contribution is -0.151. The summed E-state index contributed by atoms with van der Waals surface area (Å²) >= 11 is 0. The van der Waals surface area contributed by atoms with Crippen molar-refractivity contribution >= 4 is 25.4 Å². The van der Waals surface area contributed by atoms with E-state index in [1.54, 1.807) is 13.0 Å². The molecule has 1 heterocycles. The van der Waals surface area contributed by atoms with Gasteiger partial charge >= 0.3 is 13.8 Å². The quantitative estimate of drug-likeness (QED) is 0.151. The van der Waals surface area contributed by atoms with Gasteiger partial charge in [-0.3, -0.25) is 18.6 Å². The zero-order valence-corrected chi connectivity index (χ0v) is 23.0. The van der Waals surface area contributed by atoms with E-state index in [-0.39, 0.29) is 6.42 Å². The summed E-state index contributed by atoms with van der Waals surface area (Å²) in [7, 11) is -4.87. The first-order valence-electron chi connectivity index (χ1n) is 11.9. The lowest BCUT2D eigenvalue weighted by Crippen LogP contribution is -2.38. The fourth-order valence-electron chi connectivity index (χ4n) is 4.08. The molecule has 3 N–H and O–H groups in total. The van der Waals surface area contributed by atoms with Crippen LogP contribution in [0.3, 0.4) is 0 Å². The molecule has 2 rings (SSSR count). The van der Waals surface area contributed by atoms with Crippen LogP contribution in [-0.4, -0.2) is 63.7 Å². The summed E-state index contributed by atoms with van der Waals surface area (Å²) in [4.78, 5) is 46.1. The summed E-state index contributed by atoms with van der Waals surface area (Å²) in [5, 5.41) is 19.4. The number of phosphoric acid groups is 1. The van der Waals surface area contributed by atoms with E-state index in [1.165, 1.54) is 0 Å². The molecule has 2 aliphatic rings. The van der Waals surface area contributed by atoms with Crippen LogP contribution in [0.5, 0.6) is 0 Å². The molecule has 0 amide bonds. The molecule has 208 valence electrons. The molecule has 1 aliphatic heterocycles. The molecule has 0 saturated carbocycles. The standard InChI is InChI=1S/C27H35O10P/c1-7-9-16(2)10-8-11-17(3)12-13-19-18(4)22(29)21(14-27(19,5)6)37-38(33,34)35-15-20(28)25-23(30)24(31)26(32)36-25/h7-13,20-21,24-25,28,31H,1,14-15H2,2-6H3,(H,33,34)/t20-,21?,24?,25+/m0/s1. The molecular weight excluding hydrogens is 515 g/mol. The van der Waals surface area contributed by atoms with Crippen molar-refractivity contribution in [2.75, 3.05) is 6.61 Å². The summed E-state index contributed by atoms with van der Waals surface area (Å²) in [6, 6.07) is 0. The molecule has 0 aromatic rings. The molecule has 11 heteroatoms. The molecule has 0 spiro atoms. The SMILES string of the molecule is C=CC=C(C)C=CC=C(C)C=CC1=C(C)C(=O)C(OP(=O)(O)OC[C@H](O)[C@H]2OC(=O)C(O)C2=O)CC1(C)C. The second-order valence-corrected chi connectivity index (χ2v) is 11.2. The van der Waals surface area contributed by atoms with E-state index in [4.69, 9.17) is 9.05 Å². The van der Waals surface area contributed by atoms with Crippen LogP contribution in [0.1, 0.15) is 41.0 Å². The first-order valence-corrected chi connectivity index (χ1v) is 13.4. The lowest BCUT2D eigenvalue weighted by Gasteiger charge is -2.36. The zero-order chi connectivity index (χ0) is 28.8. The van der Waals surface area contributed by atoms with Crippen molar-refractivity contribution in [3.05, 3.63) is 71.4 Å². The van der Waals surface area contributed by atoms with Gasteiger partial charge in [0.25, 0.3) is 0 Å². The van der Waals surface area contributed by atoms with Gasteiger partial charge in [-0.25, -0.2) is 9.36 Å². The first-order chi connectivity index (χ1) is 17.6. The fourth-order valence-corrected chi connectivity index (χ4v) is 4.98. The highest BCUT2D eigenvalue weighted by Crippen LogP contribution is 2.49. The van der Waals surface area contributed by atoms with Crippen molar-refractivity contribution in [1.29, 1.82) is 0 Å². The number of esters is 1. The monoisotopic (exact) mass is 550 g/mol. The number of carbonyl (C=O) groups excluding carboxylic acids is 3. The number of cyclic esters (lactones) is 1. The number of ketones is 2. The first kappa shape index (κ1) is 31.5. The van der Waals surface area contributed by atoms with Gasteiger partial charge in [-0.05, 0) is 43.8 Å². The van der Waals surface area contributed by atoms with E-state index in [2.05, 4.69) is 11.3 Å². The zero-order valence-electron chi connectivity index (χ0n) is 22.1. The highest BCUT2D eigenvalue weighted by molar-refractivity contribution is 7.47. The number of aliphatic hydroxyl groups is 2. The topological polar surface area (TPSA) is 157 Å². The van der Waals surface area contributed by atoms with Crippen LogP contribution in [0, 0.1) is 5.41 Å². The second-order valence-electron chi connectivity index (χ2n) is 9.83.